The lowest BCUT2D eigenvalue weighted by Gasteiger charge is -2.18. The van der Waals surface area contributed by atoms with Crippen LogP contribution in [0.15, 0.2) is 41.8 Å². The van der Waals surface area contributed by atoms with Gasteiger partial charge in [0, 0.05) is 12.6 Å². The van der Waals surface area contributed by atoms with E-state index in [2.05, 4.69) is 10.6 Å². The Hall–Kier alpha value is -2.20. The molecule has 0 aliphatic heterocycles. The van der Waals surface area contributed by atoms with Crippen molar-refractivity contribution in [3.8, 4) is 6.07 Å². The van der Waals surface area contributed by atoms with Gasteiger partial charge in [-0.1, -0.05) is 30.3 Å². The molecule has 3 N–H and O–H groups in total. The van der Waals surface area contributed by atoms with Gasteiger partial charge in [0.1, 0.15) is 11.1 Å². The lowest BCUT2D eigenvalue weighted by atomic mass is 10.0. The fourth-order valence-corrected chi connectivity index (χ4v) is 2.84. The zero-order chi connectivity index (χ0) is 15.8. The zero-order valence-corrected chi connectivity index (χ0v) is 12.8. The summed E-state index contributed by atoms with van der Waals surface area (Å²) >= 11 is 1.32. The first-order chi connectivity index (χ1) is 10.7. The summed E-state index contributed by atoms with van der Waals surface area (Å²) < 4.78 is 0. The van der Waals surface area contributed by atoms with Gasteiger partial charge in [-0.25, -0.2) is 0 Å². The molecule has 0 spiro atoms. The van der Waals surface area contributed by atoms with E-state index in [1.54, 1.807) is 11.4 Å². The van der Waals surface area contributed by atoms with E-state index >= 15 is 0 Å². The molecule has 0 radical (unpaired) electrons. The van der Waals surface area contributed by atoms with Crippen LogP contribution in [0.1, 0.15) is 23.6 Å². The predicted molar refractivity (Wildman–Crippen MR) is 86.6 cm³/mol. The fraction of sp³-hybridized carbons (Fsp3) is 0.250. The van der Waals surface area contributed by atoms with Crippen molar-refractivity contribution in [1.29, 1.82) is 5.26 Å². The summed E-state index contributed by atoms with van der Waals surface area (Å²) in [6.07, 6.45) is 0.528. The third kappa shape index (κ3) is 4.40. The number of hydrogen-bond acceptors (Lipinski definition) is 5. The molecule has 114 valence electrons. The van der Waals surface area contributed by atoms with Gasteiger partial charge in [0.15, 0.2) is 0 Å². The maximum Gasteiger partial charge on any atom is 0.238 e. The smallest absolute Gasteiger partial charge is 0.238 e. The number of carbonyl (C=O) groups is 1. The third-order valence-electron chi connectivity index (χ3n) is 3.17. The number of nitrogens with one attached hydrogen (secondary N) is 2. The summed E-state index contributed by atoms with van der Waals surface area (Å²) in [5.41, 5.74) is 1.49. The molecule has 2 aromatic rings. The molecule has 1 unspecified atom stereocenters. The number of nitrogens with zero attached hydrogens (tertiary/aromatic N) is 1. The van der Waals surface area contributed by atoms with Crippen LogP contribution in [-0.2, 0) is 4.79 Å². The Bertz CT molecular complexity index is 649. The summed E-state index contributed by atoms with van der Waals surface area (Å²) in [5, 5.41) is 26.3. The van der Waals surface area contributed by atoms with Crippen molar-refractivity contribution in [2.75, 3.05) is 18.5 Å². The zero-order valence-electron chi connectivity index (χ0n) is 12.0. The van der Waals surface area contributed by atoms with Crippen molar-refractivity contribution in [3.63, 3.8) is 0 Å². The minimum atomic E-state index is -0.210. The first-order valence-electron chi connectivity index (χ1n) is 6.91. The van der Waals surface area contributed by atoms with Gasteiger partial charge in [0.05, 0.1) is 12.1 Å². The Morgan fingerprint density at radius 3 is 2.77 bits per heavy atom. The number of benzene rings is 1. The summed E-state index contributed by atoms with van der Waals surface area (Å²) in [6.45, 7) is 0.153. The molecule has 1 atom stereocenters. The van der Waals surface area contributed by atoms with Crippen molar-refractivity contribution in [1.82, 2.24) is 5.32 Å². The summed E-state index contributed by atoms with van der Waals surface area (Å²) in [7, 11) is 0. The van der Waals surface area contributed by atoms with Crippen LogP contribution in [0.25, 0.3) is 0 Å². The van der Waals surface area contributed by atoms with E-state index in [0.717, 1.165) is 5.56 Å². The molecule has 6 heteroatoms. The number of carbonyl (C=O) groups excluding carboxylic acids is 1. The van der Waals surface area contributed by atoms with Crippen LogP contribution in [-0.4, -0.2) is 24.2 Å². The SMILES string of the molecule is N#Cc1ccsc1NC(=O)CNC(CCO)c1ccccc1. The highest BCUT2D eigenvalue weighted by Gasteiger charge is 2.13. The Kier molecular flexibility index (Phi) is 6.10. The topological polar surface area (TPSA) is 85.2 Å². The summed E-state index contributed by atoms with van der Waals surface area (Å²) in [4.78, 5) is 12.0. The number of rotatable bonds is 7. The van der Waals surface area contributed by atoms with E-state index in [-0.39, 0.29) is 25.1 Å². The van der Waals surface area contributed by atoms with E-state index in [0.29, 0.717) is 17.0 Å². The average molecular weight is 315 g/mol. The average Bonchev–Trinajstić information content (AvgIpc) is 2.99. The standard InChI is InChI=1S/C16H17N3O2S/c17-10-13-7-9-22-16(13)19-15(21)11-18-14(6-8-20)12-4-2-1-3-5-12/h1-5,7,9,14,18,20H,6,8,11H2,(H,19,21). The van der Waals surface area contributed by atoms with Crippen molar-refractivity contribution in [3.05, 3.63) is 52.9 Å². The van der Waals surface area contributed by atoms with E-state index in [9.17, 15) is 4.79 Å². The number of hydrogen-bond donors (Lipinski definition) is 3. The quantitative estimate of drug-likeness (QED) is 0.732. The molecule has 0 aliphatic carbocycles. The molecule has 0 fully saturated rings. The highest BCUT2D eigenvalue weighted by Crippen LogP contribution is 2.22. The van der Waals surface area contributed by atoms with Crippen molar-refractivity contribution in [2.45, 2.75) is 12.5 Å². The fourth-order valence-electron chi connectivity index (χ4n) is 2.08. The normalized spacial score (nSPS) is 11.6. The van der Waals surface area contributed by atoms with Crippen LogP contribution in [0.5, 0.6) is 0 Å². The molecule has 0 saturated carbocycles. The highest BCUT2D eigenvalue weighted by molar-refractivity contribution is 7.14. The van der Waals surface area contributed by atoms with E-state index < -0.39 is 0 Å². The second-order valence-corrected chi connectivity index (χ2v) is 5.60. The lowest BCUT2D eigenvalue weighted by molar-refractivity contribution is -0.115. The van der Waals surface area contributed by atoms with Crippen LogP contribution >= 0.6 is 11.3 Å². The van der Waals surface area contributed by atoms with E-state index in [1.165, 1.54) is 11.3 Å². The number of nitriles is 1. The highest BCUT2D eigenvalue weighted by atomic mass is 32.1. The van der Waals surface area contributed by atoms with E-state index in [4.69, 9.17) is 10.4 Å². The molecular weight excluding hydrogens is 298 g/mol. The van der Waals surface area contributed by atoms with Crippen LogP contribution in [0.2, 0.25) is 0 Å². The maximum absolute atomic E-state index is 12.0. The van der Waals surface area contributed by atoms with Gasteiger partial charge in [-0.15, -0.1) is 11.3 Å². The molecule has 1 aromatic carbocycles. The first-order valence-corrected chi connectivity index (χ1v) is 7.79. The number of thiophene rings is 1. The summed E-state index contributed by atoms with van der Waals surface area (Å²) in [5.74, 6) is -0.210. The Morgan fingerprint density at radius 2 is 2.09 bits per heavy atom. The van der Waals surface area contributed by atoms with Gasteiger partial charge in [-0.2, -0.15) is 5.26 Å². The first kappa shape index (κ1) is 16.2. The van der Waals surface area contributed by atoms with Gasteiger partial charge in [0.2, 0.25) is 5.91 Å². The number of aliphatic hydroxyl groups excluding tert-OH is 1. The molecule has 0 aliphatic rings. The predicted octanol–water partition coefficient (Wildman–Crippen LogP) is 2.27. The molecule has 22 heavy (non-hydrogen) atoms. The van der Waals surface area contributed by atoms with Crippen molar-refractivity contribution < 1.29 is 9.90 Å². The van der Waals surface area contributed by atoms with Gasteiger partial charge in [0.25, 0.3) is 0 Å². The van der Waals surface area contributed by atoms with Crippen LogP contribution in [0.3, 0.4) is 0 Å². The Morgan fingerprint density at radius 1 is 1.32 bits per heavy atom. The number of anilines is 1. The molecule has 5 nitrogen and oxygen atoms in total. The molecular formula is C16H17N3O2S. The number of aliphatic hydroxyl groups is 1. The third-order valence-corrected chi connectivity index (χ3v) is 4.00. The molecule has 1 aromatic heterocycles. The molecule has 1 heterocycles. The van der Waals surface area contributed by atoms with E-state index in [1.807, 2.05) is 36.4 Å². The second kappa shape index (κ2) is 8.29. The molecule has 0 bridgehead atoms. The minimum Gasteiger partial charge on any atom is -0.396 e. The molecule has 1 amide bonds. The maximum atomic E-state index is 12.0. The molecule has 0 saturated heterocycles. The Labute approximate surface area is 133 Å². The van der Waals surface area contributed by atoms with Crippen molar-refractivity contribution >= 4 is 22.2 Å². The van der Waals surface area contributed by atoms with Gasteiger partial charge in [-0.3, -0.25) is 4.79 Å². The van der Waals surface area contributed by atoms with Gasteiger partial charge >= 0.3 is 0 Å². The van der Waals surface area contributed by atoms with Gasteiger partial charge in [-0.05, 0) is 23.4 Å². The number of amides is 1. The largest absolute Gasteiger partial charge is 0.396 e. The summed E-state index contributed by atoms with van der Waals surface area (Å²) in [6, 6.07) is 13.3. The van der Waals surface area contributed by atoms with Crippen LogP contribution in [0, 0.1) is 11.3 Å². The van der Waals surface area contributed by atoms with Crippen molar-refractivity contribution in [2.24, 2.45) is 0 Å². The lowest BCUT2D eigenvalue weighted by Crippen LogP contribution is -2.31. The molecule has 2 rings (SSSR count). The monoisotopic (exact) mass is 315 g/mol. The minimum absolute atomic E-state index is 0.0394. The second-order valence-electron chi connectivity index (χ2n) is 4.68. The van der Waals surface area contributed by atoms with Crippen LogP contribution < -0.4 is 10.6 Å². The van der Waals surface area contributed by atoms with Crippen LogP contribution in [0.4, 0.5) is 5.00 Å². The van der Waals surface area contributed by atoms with Gasteiger partial charge < -0.3 is 15.7 Å². The Balaban J connectivity index is 1.92.